The second-order valence-corrected chi connectivity index (χ2v) is 7.89. The van der Waals surface area contributed by atoms with Gasteiger partial charge in [0.05, 0.1) is 11.3 Å². The van der Waals surface area contributed by atoms with E-state index in [9.17, 15) is 9.90 Å². The molecule has 1 aliphatic carbocycles. The molecule has 4 nitrogen and oxygen atoms in total. The lowest BCUT2D eigenvalue weighted by molar-refractivity contribution is 0.0697. The molecule has 2 aromatic heterocycles. The zero-order chi connectivity index (χ0) is 20.9. The van der Waals surface area contributed by atoms with E-state index in [4.69, 9.17) is 4.42 Å². The first-order valence-corrected chi connectivity index (χ1v) is 10.3. The van der Waals surface area contributed by atoms with Gasteiger partial charge in [-0.15, -0.1) is 0 Å². The Balaban J connectivity index is 1.65. The molecule has 31 heavy (non-hydrogen) atoms. The van der Waals surface area contributed by atoms with Crippen LogP contribution < -0.4 is 0 Å². The van der Waals surface area contributed by atoms with Crippen LogP contribution >= 0.6 is 0 Å². The number of aryl methyl sites for hydroxylation is 1. The number of carboxylic acids is 1. The predicted molar refractivity (Wildman–Crippen MR) is 121 cm³/mol. The molecule has 0 amide bonds. The number of aromatic nitrogens is 1. The van der Waals surface area contributed by atoms with Crippen LogP contribution in [0, 0.1) is 0 Å². The fraction of sp³-hybridized carbons (Fsp3) is 0.0741. The summed E-state index contributed by atoms with van der Waals surface area (Å²) in [5, 5.41) is 10.6. The van der Waals surface area contributed by atoms with Gasteiger partial charge in [-0.2, -0.15) is 0 Å². The predicted octanol–water partition coefficient (Wildman–Crippen LogP) is 6.35. The molecular formula is C27H19NO3. The van der Waals surface area contributed by atoms with Gasteiger partial charge < -0.3 is 14.1 Å². The summed E-state index contributed by atoms with van der Waals surface area (Å²) in [5.41, 5.74) is 7.79. The van der Waals surface area contributed by atoms with Crippen molar-refractivity contribution in [1.82, 2.24) is 4.57 Å². The molecule has 0 radical (unpaired) electrons. The van der Waals surface area contributed by atoms with Gasteiger partial charge in [-0.05, 0) is 60.4 Å². The first kappa shape index (κ1) is 17.8. The summed E-state index contributed by atoms with van der Waals surface area (Å²) in [4.78, 5) is 11.6. The summed E-state index contributed by atoms with van der Waals surface area (Å²) in [6, 6.07) is 27.8. The maximum Gasteiger partial charge on any atom is 0.335 e. The Hall–Kier alpha value is -4.05. The van der Waals surface area contributed by atoms with Gasteiger partial charge in [0.15, 0.2) is 5.76 Å². The zero-order valence-corrected chi connectivity index (χ0v) is 16.7. The Morgan fingerprint density at radius 2 is 1.68 bits per heavy atom. The van der Waals surface area contributed by atoms with Crippen LogP contribution in [0.25, 0.3) is 39.2 Å². The van der Waals surface area contributed by atoms with E-state index >= 15 is 0 Å². The standard InChI is InChI=1S/C27H19NO3/c29-27(30)19-8-5-9-20(14-19)28-23-13-12-17-6-1-3-10-21(17)22(23)16-24(28)26-15-18-7-2-4-11-25(18)31-26/h1-11,14-16H,12-13H2,(H,29,30). The molecule has 1 aliphatic rings. The number of hydrogen-bond acceptors (Lipinski definition) is 2. The summed E-state index contributed by atoms with van der Waals surface area (Å²) in [6.45, 7) is 0. The molecule has 3 aromatic carbocycles. The summed E-state index contributed by atoms with van der Waals surface area (Å²) in [5.74, 6) is -0.160. The van der Waals surface area contributed by atoms with Crippen LogP contribution in [0.3, 0.4) is 0 Å². The number of furan rings is 1. The fourth-order valence-electron chi connectivity index (χ4n) is 4.65. The number of benzene rings is 3. The molecule has 0 unspecified atom stereocenters. The van der Waals surface area contributed by atoms with Gasteiger partial charge in [-0.3, -0.25) is 0 Å². The molecule has 0 bridgehead atoms. The van der Waals surface area contributed by atoms with Gasteiger partial charge in [0.25, 0.3) is 0 Å². The molecule has 0 spiro atoms. The van der Waals surface area contributed by atoms with E-state index < -0.39 is 5.97 Å². The number of carboxylic acid groups (broad SMARTS) is 1. The van der Waals surface area contributed by atoms with Gasteiger partial charge in [0.2, 0.25) is 0 Å². The van der Waals surface area contributed by atoms with Gasteiger partial charge in [0, 0.05) is 22.3 Å². The second-order valence-electron chi connectivity index (χ2n) is 7.89. The van der Waals surface area contributed by atoms with Gasteiger partial charge in [-0.25, -0.2) is 4.79 Å². The summed E-state index contributed by atoms with van der Waals surface area (Å²) in [7, 11) is 0. The summed E-state index contributed by atoms with van der Waals surface area (Å²) in [6.07, 6.45) is 1.83. The van der Waals surface area contributed by atoms with E-state index in [2.05, 4.69) is 41.0 Å². The monoisotopic (exact) mass is 405 g/mol. The number of para-hydroxylation sites is 1. The Kier molecular flexibility index (Phi) is 3.87. The van der Waals surface area contributed by atoms with E-state index in [1.54, 1.807) is 18.2 Å². The average Bonchev–Trinajstić information content (AvgIpc) is 3.40. The molecule has 5 aromatic rings. The van der Waals surface area contributed by atoms with Crippen LogP contribution in [0.2, 0.25) is 0 Å². The van der Waals surface area contributed by atoms with Crippen molar-refractivity contribution in [2.45, 2.75) is 12.8 Å². The van der Waals surface area contributed by atoms with Crippen molar-refractivity contribution in [3.8, 4) is 28.3 Å². The molecule has 0 saturated carbocycles. The molecule has 150 valence electrons. The molecule has 0 saturated heterocycles. The number of hydrogen-bond donors (Lipinski definition) is 1. The maximum atomic E-state index is 11.6. The third-order valence-corrected chi connectivity index (χ3v) is 6.07. The summed E-state index contributed by atoms with van der Waals surface area (Å²) < 4.78 is 8.38. The van der Waals surface area contributed by atoms with Crippen LogP contribution in [-0.4, -0.2) is 15.6 Å². The number of rotatable bonds is 3. The number of carbonyl (C=O) groups is 1. The first-order valence-electron chi connectivity index (χ1n) is 10.3. The fourth-order valence-corrected chi connectivity index (χ4v) is 4.65. The van der Waals surface area contributed by atoms with E-state index in [0.29, 0.717) is 0 Å². The molecule has 0 aliphatic heterocycles. The Labute approximate surface area is 179 Å². The highest BCUT2D eigenvalue weighted by Crippen LogP contribution is 2.41. The number of nitrogens with zero attached hydrogens (tertiary/aromatic N) is 1. The SMILES string of the molecule is O=C(O)c1cccc(-n2c(-c3cc4ccccc4o3)cc3c2CCc2ccccc2-3)c1. The van der Waals surface area contributed by atoms with Crippen molar-refractivity contribution in [1.29, 1.82) is 0 Å². The smallest absolute Gasteiger partial charge is 0.335 e. The molecule has 2 heterocycles. The minimum atomic E-state index is -0.932. The lowest BCUT2D eigenvalue weighted by Crippen LogP contribution is -2.09. The highest BCUT2D eigenvalue weighted by Gasteiger charge is 2.25. The highest BCUT2D eigenvalue weighted by atomic mass is 16.4. The van der Waals surface area contributed by atoms with Crippen LogP contribution in [0.1, 0.15) is 21.6 Å². The Morgan fingerprint density at radius 1 is 0.839 bits per heavy atom. The maximum absolute atomic E-state index is 11.6. The van der Waals surface area contributed by atoms with Crippen LogP contribution in [0.15, 0.2) is 89.3 Å². The van der Waals surface area contributed by atoms with Crippen molar-refractivity contribution in [3.63, 3.8) is 0 Å². The molecule has 6 rings (SSSR count). The van der Waals surface area contributed by atoms with E-state index in [1.165, 1.54) is 22.4 Å². The largest absolute Gasteiger partial charge is 0.478 e. The minimum absolute atomic E-state index is 0.270. The second kappa shape index (κ2) is 6.74. The van der Waals surface area contributed by atoms with Crippen molar-refractivity contribution >= 4 is 16.9 Å². The van der Waals surface area contributed by atoms with Crippen LogP contribution in [0.4, 0.5) is 0 Å². The topological polar surface area (TPSA) is 55.4 Å². The average molecular weight is 405 g/mol. The van der Waals surface area contributed by atoms with Gasteiger partial charge >= 0.3 is 5.97 Å². The molecule has 4 heteroatoms. The highest BCUT2D eigenvalue weighted by molar-refractivity contribution is 5.89. The third-order valence-electron chi connectivity index (χ3n) is 6.07. The van der Waals surface area contributed by atoms with Crippen molar-refractivity contribution in [2.24, 2.45) is 0 Å². The number of fused-ring (bicyclic) bond motifs is 4. The van der Waals surface area contributed by atoms with E-state index in [-0.39, 0.29) is 5.56 Å². The Bertz CT molecular complexity index is 1440. The van der Waals surface area contributed by atoms with E-state index in [1.807, 2.05) is 30.3 Å². The van der Waals surface area contributed by atoms with Gasteiger partial charge in [0.1, 0.15) is 5.58 Å². The van der Waals surface area contributed by atoms with Crippen molar-refractivity contribution in [3.05, 3.63) is 102 Å². The summed E-state index contributed by atoms with van der Waals surface area (Å²) >= 11 is 0. The molecule has 1 N–H and O–H groups in total. The van der Waals surface area contributed by atoms with Crippen molar-refractivity contribution < 1.29 is 14.3 Å². The minimum Gasteiger partial charge on any atom is -0.478 e. The van der Waals surface area contributed by atoms with Crippen LogP contribution in [-0.2, 0) is 12.8 Å². The Morgan fingerprint density at radius 3 is 2.55 bits per heavy atom. The first-order chi connectivity index (χ1) is 15.2. The zero-order valence-electron chi connectivity index (χ0n) is 16.7. The normalized spacial score (nSPS) is 12.5. The molecular weight excluding hydrogens is 386 g/mol. The lowest BCUT2D eigenvalue weighted by atomic mass is 9.90. The van der Waals surface area contributed by atoms with Crippen molar-refractivity contribution in [2.75, 3.05) is 0 Å². The van der Waals surface area contributed by atoms with E-state index in [0.717, 1.165) is 41.0 Å². The molecule has 0 atom stereocenters. The van der Waals surface area contributed by atoms with Crippen LogP contribution in [0.5, 0.6) is 0 Å². The lowest BCUT2D eigenvalue weighted by Gasteiger charge is -2.20. The third kappa shape index (κ3) is 2.80. The quantitative estimate of drug-likeness (QED) is 0.380. The number of aromatic carboxylic acids is 1. The molecule has 0 fully saturated rings. The van der Waals surface area contributed by atoms with Gasteiger partial charge in [-0.1, -0.05) is 48.5 Å².